The van der Waals surface area contributed by atoms with E-state index in [1.54, 1.807) is 12.1 Å². The third-order valence-corrected chi connectivity index (χ3v) is 2.74. The minimum Gasteiger partial charge on any atom is -0.493 e. The fourth-order valence-electron chi connectivity index (χ4n) is 1.74. The maximum atomic E-state index is 11.5. The van der Waals surface area contributed by atoms with Gasteiger partial charge in [-0.25, -0.2) is 0 Å². The number of anilines is 1. The van der Waals surface area contributed by atoms with E-state index in [1.807, 2.05) is 12.1 Å². The highest BCUT2D eigenvalue weighted by Crippen LogP contribution is 2.14. The van der Waals surface area contributed by atoms with Gasteiger partial charge in [0, 0.05) is 11.8 Å². The Hall–Kier alpha value is -1.71. The predicted octanol–water partition coefficient (Wildman–Crippen LogP) is 3.02. The number of nitrogen functional groups attached to an aromatic ring is 1. The topological polar surface area (TPSA) is 61.5 Å². The summed E-state index contributed by atoms with van der Waals surface area (Å²) in [6, 6.07) is 7.14. The maximum Gasteiger partial charge on any atom is 0.309 e. The highest BCUT2D eigenvalue weighted by Gasteiger charge is 2.07. The molecule has 0 aromatic heterocycles. The van der Waals surface area contributed by atoms with Crippen LogP contribution in [0.4, 0.5) is 5.69 Å². The summed E-state index contributed by atoms with van der Waals surface area (Å²) in [5.41, 5.74) is 6.27. The molecule has 0 fully saturated rings. The molecule has 106 valence electrons. The molecule has 1 aromatic carbocycles. The first-order valence-corrected chi connectivity index (χ1v) is 6.75. The fraction of sp³-hybridized carbons (Fsp3) is 0.533. The maximum absolute atomic E-state index is 11.5. The SMILES string of the molecule is CCCC(C)COC(=O)CCOc1cccc(N)c1. The molecule has 4 nitrogen and oxygen atoms in total. The summed E-state index contributed by atoms with van der Waals surface area (Å²) < 4.78 is 10.6. The molecule has 0 spiro atoms. The van der Waals surface area contributed by atoms with Gasteiger partial charge in [0.05, 0.1) is 19.6 Å². The molecule has 0 saturated carbocycles. The van der Waals surface area contributed by atoms with Crippen LogP contribution in [0.3, 0.4) is 0 Å². The van der Waals surface area contributed by atoms with Crippen molar-refractivity contribution >= 4 is 11.7 Å². The lowest BCUT2D eigenvalue weighted by Crippen LogP contribution is -2.14. The van der Waals surface area contributed by atoms with Gasteiger partial charge >= 0.3 is 5.97 Å². The minimum atomic E-state index is -0.216. The molecule has 0 heterocycles. The number of nitrogens with two attached hydrogens (primary N) is 1. The molecule has 0 radical (unpaired) electrons. The van der Waals surface area contributed by atoms with Crippen LogP contribution in [0.25, 0.3) is 0 Å². The van der Waals surface area contributed by atoms with E-state index in [0.717, 1.165) is 12.8 Å². The van der Waals surface area contributed by atoms with Gasteiger partial charge < -0.3 is 15.2 Å². The van der Waals surface area contributed by atoms with Crippen LogP contribution in [0, 0.1) is 5.92 Å². The van der Waals surface area contributed by atoms with Gasteiger partial charge in [0.25, 0.3) is 0 Å². The molecule has 0 aliphatic heterocycles. The van der Waals surface area contributed by atoms with Crippen LogP contribution in [-0.2, 0) is 9.53 Å². The molecule has 0 saturated heterocycles. The smallest absolute Gasteiger partial charge is 0.309 e. The van der Waals surface area contributed by atoms with Gasteiger partial charge in [-0.2, -0.15) is 0 Å². The third kappa shape index (κ3) is 6.70. The molecule has 4 heteroatoms. The first-order valence-electron chi connectivity index (χ1n) is 6.75. The molecule has 1 unspecified atom stereocenters. The van der Waals surface area contributed by atoms with E-state index in [2.05, 4.69) is 13.8 Å². The van der Waals surface area contributed by atoms with Gasteiger partial charge in [0.2, 0.25) is 0 Å². The van der Waals surface area contributed by atoms with E-state index < -0.39 is 0 Å². The monoisotopic (exact) mass is 265 g/mol. The van der Waals surface area contributed by atoms with Gasteiger partial charge in [-0.05, 0) is 24.5 Å². The summed E-state index contributed by atoms with van der Waals surface area (Å²) in [6.07, 6.45) is 2.44. The zero-order chi connectivity index (χ0) is 14.1. The number of benzene rings is 1. The van der Waals surface area contributed by atoms with Gasteiger partial charge in [0.1, 0.15) is 5.75 Å². The summed E-state index contributed by atoms with van der Waals surface area (Å²) >= 11 is 0. The van der Waals surface area contributed by atoms with Crippen LogP contribution in [0.2, 0.25) is 0 Å². The zero-order valence-electron chi connectivity index (χ0n) is 11.7. The van der Waals surface area contributed by atoms with Crippen molar-refractivity contribution in [3.63, 3.8) is 0 Å². The molecular weight excluding hydrogens is 242 g/mol. The number of hydrogen-bond donors (Lipinski definition) is 1. The van der Waals surface area contributed by atoms with Crippen molar-refractivity contribution in [2.75, 3.05) is 18.9 Å². The Bertz CT molecular complexity index is 393. The Kier molecular flexibility index (Phi) is 6.79. The second-order valence-electron chi connectivity index (χ2n) is 4.75. The summed E-state index contributed by atoms with van der Waals surface area (Å²) in [5.74, 6) is 0.878. The normalized spacial score (nSPS) is 11.9. The van der Waals surface area contributed by atoms with Crippen LogP contribution < -0.4 is 10.5 Å². The molecular formula is C15H23NO3. The lowest BCUT2D eigenvalue weighted by molar-refractivity contribution is -0.145. The standard InChI is InChI=1S/C15H23NO3/c1-3-5-12(2)11-19-15(17)8-9-18-14-7-4-6-13(16)10-14/h4,6-7,10,12H,3,5,8-9,11,16H2,1-2H3. The summed E-state index contributed by atoms with van der Waals surface area (Å²) in [5, 5.41) is 0. The molecule has 0 aliphatic rings. The first kappa shape index (κ1) is 15.3. The van der Waals surface area contributed by atoms with Crippen molar-refractivity contribution in [1.82, 2.24) is 0 Å². The van der Waals surface area contributed by atoms with Crippen LogP contribution in [0.15, 0.2) is 24.3 Å². The number of carbonyl (C=O) groups is 1. The average Bonchev–Trinajstić information content (AvgIpc) is 2.37. The van der Waals surface area contributed by atoms with Crippen molar-refractivity contribution in [3.8, 4) is 5.75 Å². The van der Waals surface area contributed by atoms with E-state index in [0.29, 0.717) is 30.6 Å². The molecule has 1 aromatic rings. The lowest BCUT2D eigenvalue weighted by atomic mass is 10.1. The predicted molar refractivity (Wildman–Crippen MR) is 76.0 cm³/mol. The van der Waals surface area contributed by atoms with Crippen molar-refractivity contribution in [1.29, 1.82) is 0 Å². The van der Waals surface area contributed by atoms with Crippen molar-refractivity contribution in [2.24, 2.45) is 5.92 Å². The molecule has 0 aliphatic carbocycles. The zero-order valence-corrected chi connectivity index (χ0v) is 11.7. The van der Waals surface area contributed by atoms with Crippen molar-refractivity contribution in [3.05, 3.63) is 24.3 Å². The largest absolute Gasteiger partial charge is 0.493 e. The van der Waals surface area contributed by atoms with Gasteiger partial charge in [0.15, 0.2) is 0 Å². The van der Waals surface area contributed by atoms with E-state index in [4.69, 9.17) is 15.2 Å². The van der Waals surface area contributed by atoms with Gasteiger partial charge in [-0.15, -0.1) is 0 Å². The van der Waals surface area contributed by atoms with E-state index in [-0.39, 0.29) is 12.4 Å². The van der Waals surface area contributed by atoms with Gasteiger partial charge in [-0.1, -0.05) is 26.3 Å². The molecule has 19 heavy (non-hydrogen) atoms. The Morgan fingerprint density at radius 3 is 2.89 bits per heavy atom. The average molecular weight is 265 g/mol. The Labute approximate surface area is 114 Å². The summed E-state index contributed by atoms with van der Waals surface area (Å²) in [7, 11) is 0. The van der Waals surface area contributed by atoms with Crippen LogP contribution >= 0.6 is 0 Å². The lowest BCUT2D eigenvalue weighted by Gasteiger charge is -2.11. The van der Waals surface area contributed by atoms with Crippen LogP contribution in [-0.4, -0.2) is 19.2 Å². The summed E-state index contributed by atoms with van der Waals surface area (Å²) in [6.45, 7) is 5.01. The molecule has 0 bridgehead atoms. The van der Waals surface area contributed by atoms with E-state index in [1.165, 1.54) is 0 Å². The third-order valence-electron chi connectivity index (χ3n) is 2.74. The number of rotatable bonds is 8. The molecule has 1 atom stereocenters. The number of carbonyl (C=O) groups excluding carboxylic acids is 1. The second-order valence-corrected chi connectivity index (χ2v) is 4.75. The Morgan fingerprint density at radius 1 is 1.42 bits per heavy atom. The molecule has 0 amide bonds. The Morgan fingerprint density at radius 2 is 2.21 bits per heavy atom. The Balaban J connectivity index is 2.17. The van der Waals surface area contributed by atoms with Crippen LogP contribution in [0.5, 0.6) is 5.75 Å². The van der Waals surface area contributed by atoms with Crippen molar-refractivity contribution in [2.45, 2.75) is 33.1 Å². The second kappa shape index (κ2) is 8.40. The quantitative estimate of drug-likeness (QED) is 0.579. The number of ether oxygens (including phenoxy) is 2. The minimum absolute atomic E-state index is 0.216. The van der Waals surface area contributed by atoms with E-state index >= 15 is 0 Å². The number of esters is 1. The fourth-order valence-corrected chi connectivity index (χ4v) is 1.74. The van der Waals surface area contributed by atoms with Crippen LogP contribution in [0.1, 0.15) is 33.1 Å². The summed E-state index contributed by atoms with van der Waals surface area (Å²) in [4.78, 5) is 11.5. The van der Waals surface area contributed by atoms with Crippen molar-refractivity contribution < 1.29 is 14.3 Å². The van der Waals surface area contributed by atoms with E-state index in [9.17, 15) is 4.79 Å². The molecule has 1 rings (SSSR count). The molecule has 2 N–H and O–H groups in total. The highest BCUT2D eigenvalue weighted by atomic mass is 16.5. The van der Waals surface area contributed by atoms with Gasteiger partial charge in [-0.3, -0.25) is 4.79 Å². The number of hydrogen-bond acceptors (Lipinski definition) is 4. The first-order chi connectivity index (χ1) is 9.11. The highest BCUT2D eigenvalue weighted by molar-refractivity contribution is 5.69.